The quantitative estimate of drug-likeness (QED) is 0.584. The van der Waals surface area contributed by atoms with Crippen molar-refractivity contribution in [3.63, 3.8) is 0 Å². The van der Waals surface area contributed by atoms with E-state index >= 15 is 0 Å². The number of rotatable bonds is 6. The Morgan fingerprint density at radius 2 is 2.00 bits per heavy atom. The lowest BCUT2D eigenvalue weighted by molar-refractivity contribution is -0.143. The molecule has 0 unspecified atom stereocenters. The van der Waals surface area contributed by atoms with Crippen LogP contribution >= 0.6 is 23.4 Å². The number of fused-ring (bicyclic) bond motifs is 1. The first-order valence-corrected chi connectivity index (χ1v) is 9.32. The number of hydrogen-bond donors (Lipinski definition) is 1. The highest BCUT2D eigenvalue weighted by Gasteiger charge is 2.29. The van der Waals surface area contributed by atoms with Crippen LogP contribution in [0.15, 0.2) is 47.4 Å². The molecule has 0 saturated carbocycles. The minimum Gasteiger partial charge on any atom is -0.495 e. The van der Waals surface area contributed by atoms with Crippen molar-refractivity contribution < 1.29 is 23.9 Å². The third-order valence-electron chi connectivity index (χ3n) is 3.90. The number of halogens is 1. The van der Waals surface area contributed by atoms with Gasteiger partial charge in [-0.25, -0.2) is 0 Å². The highest BCUT2D eigenvalue weighted by Crippen LogP contribution is 2.36. The maximum absolute atomic E-state index is 12.2. The van der Waals surface area contributed by atoms with Crippen molar-refractivity contribution in [2.45, 2.75) is 16.6 Å². The number of amides is 1. The van der Waals surface area contributed by atoms with Crippen molar-refractivity contribution in [2.75, 3.05) is 19.0 Å². The molecule has 0 saturated heterocycles. The van der Waals surface area contributed by atoms with Gasteiger partial charge in [0.2, 0.25) is 5.91 Å². The number of carbonyl (C=O) groups is 3. The molecule has 1 aliphatic rings. The summed E-state index contributed by atoms with van der Waals surface area (Å²) in [7, 11) is 1.47. The molecule has 2 aromatic carbocycles. The van der Waals surface area contributed by atoms with Gasteiger partial charge in [-0.2, -0.15) is 0 Å². The van der Waals surface area contributed by atoms with Crippen LogP contribution in [0.2, 0.25) is 5.02 Å². The predicted octanol–water partition coefficient (Wildman–Crippen LogP) is 3.58. The topological polar surface area (TPSA) is 81.7 Å². The van der Waals surface area contributed by atoms with E-state index in [-0.39, 0.29) is 18.1 Å². The predicted molar refractivity (Wildman–Crippen MR) is 103 cm³/mol. The summed E-state index contributed by atoms with van der Waals surface area (Å²) in [5, 5.41) is 2.46. The minimum absolute atomic E-state index is 0.124. The molecule has 0 bridgehead atoms. The first-order chi connectivity index (χ1) is 13.0. The van der Waals surface area contributed by atoms with Gasteiger partial charge in [-0.05, 0) is 30.3 Å². The summed E-state index contributed by atoms with van der Waals surface area (Å²) in [6.07, 6.45) is -0.124. The van der Waals surface area contributed by atoms with Crippen LogP contribution in [0.4, 0.5) is 5.69 Å². The number of thioether (sulfide) groups is 1. The van der Waals surface area contributed by atoms with E-state index < -0.39 is 17.8 Å². The van der Waals surface area contributed by atoms with Crippen LogP contribution in [0.5, 0.6) is 5.75 Å². The van der Waals surface area contributed by atoms with Crippen molar-refractivity contribution in [2.24, 2.45) is 0 Å². The molecule has 0 aliphatic carbocycles. The van der Waals surface area contributed by atoms with E-state index in [1.54, 1.807) is 18.2 Å². The SMILES string of the molecule is COc1ccc(C(=O)COC(=O)C[C@H]2Sc3ccccc3NC2=O)cc1Cl. The van der Waals surface area contributed by atoms with E-state index in [1.165, 1.54) is 24.9 Å². The van der Waals surface area contributed by atoms with Crippen molar-refractivity contribution >= 4 is 46.7 Å². The van der Waals surface area contributed by atoms with Gasteiger partial charge in [0.25, 0.3) is 0 Å². The van der Waals surface area contributed by atoms with Crippen LogP contribution in [0.25, 0.3) is 0 Å². The van der Waals surface area contributed by atoms with Crippen molar-refractivity contribution in [3.05, 3.63) is 53.1 Å². The lowest BCUT2D eigenvalue weighted by Crippen LogP contribution is -2.31. The zero-order chi connectivity index (χ0) is 19.4. The number of nitrogens with one attached hydrogen (secondary N) is 1. The van der Waals surface area contributed by atoms with Gasteiger partial charge in [0, 0.05) is 10.5 Å². The Labute approximate surface area is 165 Å². The van der Waals surface area contributed by atoms with E-state index in [1.807, 2.05) is 18.2 Å². The van der Waals surface area contributed by atoms with Gasteiger partial charge < -0.3 is 14.8 Å². The second kappa shape index (κ2) is 8.45. The minimum atomic E-state index is -0.616. The Morgan fingerprint density at radius 3 is 2.74 bits per heavy atom. The van der Waals surface area contributed by atoms with Gasteiger partial charge in [0.05, 0.1) is 29.5 Å². The lowest BCUT2D eigenvalue weighted by Gasteiger charge is -2.23. The highest BCUT2D eigenvalue weighted by molar-refractivity contribution is 8.01. The zero-order valence-electron chi connectivity index (χ0n) is 14.4. The number of ether oxygens (including phenoxy) is 2. The third kappa shape index (κ3) is 4.61. The number of benzene rings is 2. The molecule has 1 aliphatic heterocycles. The summed E-state index contributed by atoms with van der Waals surface area (Å²) in [5.41, 5.74) is 1.04. The molecule has 1 heterocycles. The average Bonchev–Trinajstić information content (AvgIpc) is 2.66. The molecule has 1 atom stereocenters. The third-order valence-corrected chi connectivity index (χ3v) is 5.47. The molecule has 1 amide bonds. The molecular weight excluding hydrogens is 390 g/mol. The Hall–Kier alpha value is -2.51. The lowest BCUT2D eigenvalue weighted by atomic mass is 10.1. The molecule has 3 rings (SSSR count). The number of carbonyl (C=O) groups excluding carboxylic acids is 3. The van der Waals surface area contributed by atoms with Gasteiger partial charge in [0.15, 0.2) is 12.4 Å². The fourth-order valence-corrected chi connectivity index (χ4v) is 3.86. The summed E-state index contributed by atoms with van der Waals surface area (Å²) in [4.78, 5) is 37.2. The maximum Gasteiger partial charge on any atom is 0.307 e. The van der Waals surface area contributed by atoms with Gasteiger partial charge in [-0.15, -0.1) is 11.8 Å². The van der Waals surface area contributed by atoms with Crippen LogP contribution in [0, 0.1) is 0 Å². The number of anilines is 1. The Balaban J connectivity index is 1.55. The van der Waals surface area contributed by atoms with Crippen LogP contribution in [0.3, 0.4) is 0 Å². The summed E-state index contributed by atoms with van der Waals surface area (Å²) < 4.78 is 10.1. The molecule has 0 aromatic heterocycles. The summed E-state index contributed by atoms with van der Waals surface area (Å²) >= 11 is 7.29. The van der Waals surface area contributed by atoms with Gasteiger partial charge in [-0.3, -0.25) is 14.4 Å². The maximum atomic E-state index is 12.2. The summed E-state index contributed by atoms with van der Waals surface area (Å²) in [6.45, 7) is -0.420. The monoisotopic (exact) mass is 405 g/mol. The fraction of sp³-hybridized carbons (Fsp3) is 0.211. The molecule has 0 spiro atoms. The van der Waals surface area contributed by atoms with E-state index in [4.69, 9.17) is 21.1 Å². The van der Waals surface area contributed by atoms with Crippen LogP contribution in [0.1, 0.15) is 16.8 Å². The largest absolute Gasteiger partial charge is 0.495 e. The fourth-order valence-electron chi connectivity index (χ4n) is 2.51. The Kier molecular flexibility index (Phi) is 6.03. The van der Waals surface area contributed by atoms with E-state index in [0.29, 0.717) is 16.3 Å². The first-order valence-electron chi connectivity index (χ1n) is 8.07. The summed E-state index contributed by atoms with van der Waals surface area (Å²) in [5.74, 6) is -0.816. The molecule has 2 aromatic rings. The van der Waals surface area contributed by atoms with Gasteiger partial charge in [0.1, 0.15) is 5.75 Å². The second-order valence-corrected chi connectivity index (χ2v) is 7.38. The zero-order valence-corrected chi connectivity index (χ0v) is 15.9. The molecule has 8 heteroatoms. The van der Waals surface area contributed by atoms with E-state index in [2.05, 4.69) is 5.32 Å². The smallest absolute Gasteiger partial charge is 0.307 e. The van der Waals surface area contributed by atoms with Crippen LogP contribution < -0.4 is 10.1 Å². The van der Waals surface area contributed by atoms with Crippen molar-refractivity contribution in [1.29, 1.82) is 0 Å². The normalized spacial score (nSPS) is 15.5. The molecule has 6 nitrogen and oxygen atoms in total. The number of para-hydroxylation sites is 1. The number of Topliss-reactive ketones (excluding diaryl/α,β-unsaturated/α-hetero) is 1. The van der Waals surface area contributed by atoms with Crippen molar-refractivity contribution in [3.8, 4) is 5.75 Å². The molecule has 27 heavy (non-hydrogen) atoms. The number of esters is 1. The Morgan fingerprint density at radius 1 is 1.22 bits per heavy atom. The second-order valence-electron chi connectivity index (χ2n) is 5.73. The van der Waals surface area contributed by atoms with Crippen LogP contribution in [-0.2, 0) is 14.3 Å². The number of methoxy groups -OCH3 is 1. The first kappa shape index (κ1) is 19.3. The average molecular weight is 406 g/mol. The molecule has 1 N–H and O–H groups in total. The highest BCUT2D eigenvalue weighted by atomic mass is 35.5. The Bertz CT molecular complexity index is 901. The summed E-state index contributed by atoms with van der Waals surface area (Å²) in [6, 6.07) is 11.9. The molecule has 0 fully saturated rings. The van der Waals surface area contributed by atoms with E-state index in [0.717, 1.165) is 10.6 Å². The molecule has 0 radical (unpaired) electrons. The number of ketones is 1. The molecular formula is C19H16ClNO5S. The van der Waals surface area contributed by atoms with E-state index in [9.17, 15) is 14.4 Å². The standard InChI is InChI=1S/C19H16ClNO5S/c1-25-15-7-6-11(8-12(15)20)14(22)10-26-18(23)9-17-19(24)21-13-4-2-3-5-16(13)27-17/h2-8,17H,9-10H2,1H3,(H,21,24)/t17-/m1/s1. The van der Waals surface area contributed by atoms with Crippen LogP contribution in [-0.4, -0.2) is 36.6 Å². The van der Waals surface area contributed by atoms with Gasteiger partial charge in [-0.1, -0.05) is 23.7 Å². The van der Waals surface area contributed by atoms with Crippen molar-refractivity contribution in [1.82, 2.24) is 0 Å². The number of hydrogen-bond acceptors (Lipinski definition) is 6. The molecule has 140 valence electrons. The van der Waals surface area contributed by atoms with Gasteiger partial charge >= 0.3 is 5.97 Å².